The SMILES string of the molecule is CCC(N)P(=O)=O. The van der Waals surface area contributed by atoms with Crippen LogP contribution in [0.5, 0.6) is 0 Å². The quantitative estimate of drug-likeness (QED) is 0.551. The first kappa shape index (κ1) is 6.86. The van der Waals surface area contributed by atoms with Gasteiger partial charge in [-0.2, -0.15) is 0 Å². The summed E-state index contributed by atoms with van der Waals surface area (Å²) in [6.07, 6.45) is 0.499. The molecule has 0 amide bonds. The predicted molar refractivity (Wildman–Crippen MR) is 26.6 cm³/mol. The van der Waals surface area contributed by atoms with Crippen LogP contribution in [0.15, 0.2) is 0 Å². The summed E-state index contributed by atoms with van der Waals surface area (Å²) in [7, 11) is -2.38. The molecule has 0 spiro atoms. The van der Waals surface area contributed by atoms with Crippen molar-refractivity contribution in [3.05, 3.63) is 0 Å². The summed E-state index contributed by atoms with van der Waals surface area (Å²) in [5, 5.41) is 0. The number of hydrogen-bond acceptors (Lipinski definition) is 3. The van der Waals surface area contributed by atoms with Gasteiger partial charge in [-0.3, -0.25) is 0 Å². The molecule has 3 nitrogen and oxygen atoms in total. The Morgan fingerprint density at radius 2 is 2.14 bits per heavy atom. The Balaban J connectivity index is 3.57. The van der Waals surface area contributed by atoms with Crippen LogP contribution in [-0.2, 0) is 9.13 Å². The number of rotatable bonds is 2. The zero-order valence-corrected chi connectivity index (χ0v) is 5.02. The highest BCUT2D eigenvalue weighted by Crippen LogP contribution is 2.10. The molecule has 7 heavy (non-hydrogen) atoms. The molecule has 0 heterocycles. The fraction of sp³-hybridized carbons (Fsp3) is 1.00. The molecule has 0 saturated carbocycles. The predicted octanol–water partition coefficient (Wildman–Crippen LogP) is 0.854. The number of nitrogens with two attached hydrogens (primary N) is 1. The number of hydrogen-bond donors (Lipinski definition) is 1. The summed E-state index contributed by atoms with van der Waals surface area (Å²) in [4.78, 5) is 0. The van der Waals surface area contributed by atoms with E-state index in [9.17, 15) is 9.13 Å². The minimum Gasteiger partial charge on any atom is -0.316 e. The van der Waals surface area contributed by atoms with Crippen LogP contribution in [0.25, 0.3) is 0 Å². The molecule has 4 heteroatoms. The molecule has 0 aliphatic carbocycles. The Hall–Kier alpha value is -0.140. The average molecular weight is 121 g/mol. The van der Waals surface area contributed by atoms with E-state index in [0.29, 0.717) is 6.42 Å². The van der Waals surface area contributed by atoms with E-state index in [1.165, 1.54) is 0 Å². The topological polar surface area (TPSA) is 60.2 Å². The molecule has 0 radical (unpaired) electrons. The van der Waals surface area contributed by atoms with E-state index in [2.05, 4.69) is 0 Å². The fourth-order valence-electron chi connectivity index (χ4n) is 0.149. The lowest BCUT2D eigenvalue weighted by Crippen LogP contribution is -2.10. The molecule has 0 aromatic rings. The summed E-state index contributed by atoms with van der Waals surface area (Å²) < 4.78 is 19.7. The zero-order valence-electron chi connectivity index (χ0n) is 4.13. The van der Waals surface area contributed by atoms with Crippen LogP contribution >= 0.6 is 7.68 Å². The van der Waals surface area contributed by atoms with Crippen molar-refractivity contribution in [3.8, 4) is 0 Å². The molecule has 1 atom stereocenters. The summed E-state index contributed by atoms with van der Waals surface area (Å²) >= 11 is 0. The van der Waals surface area contributed by atoms with Gasteiger partial charge >= 0.3 is 7.68 Å². The first-order chi connectivity index (χ1) is 3.18. The standard InChI is InChI=1S/C3H8NO2P/c1-2-3(4)7(5)6/h3H,2,4H2,1H3. The van der Waals surface area contributed by atoms with Gasteiger partial charge in [0.25, 0.3) is 0 Å². The van der Waals surface area contributed by atoms with E-state index >= 15 is 0 Å². The van der Waals surface area contributed by atoms with Crippen molar-refractivity contribution < 1.29 is 9.13 Å². The second-order valence-corrected chi connectivity index (χ2v) is 2.49. The molecule has 2 N–H and O–H groups in total. The highest BCUT2D eigenvalue weighted by atomic mass is 31.1. The first-order valence-corrected chi connectivity index (χ1v) is 3.32. The molecule has 0 bridgehead atoms. The van der Waals surface area contributed by atoms with Crippen molar-refractivity contribution in [2.24, 2.45) is 5.73 Å². The van der Waals surface area contributed by atoms with Gasteiger partial charge in [0.15, 0.2) is 0 Å². The van der Waals surface area contributed by atoms with E-state index < -0.39 is 13.5 Å². The Morgan fingerprint density at radius 1 is 1.71 bits per heavy atom. The normalized spacial score (nSPS) is 13.4. The van der Waals surface area contributed by atoms with Crippen molar-refractivity contribution >= 4 is 7.68 Å². The molecule has 0 aromatic heterocycles. The van der Waals surface area contributed by atoms with Crippen LogP contribution in [0, 0.1) is 0 Å². The van der Waals surface area contributed by atoms with Crippen LogP contribution in [0.2, 0.25) is 0 Å². The highest BCUT2D eigenvalue weighted by molar-refractivity contribution is 7.31. The maximum Gasteiger partial charge on any atom is 0.332 e. The van der Waals surface area contributed by atoms with Gasteiger partial charge in [-0.1, -0.05) is 6.92 Å². The third-order valence-corrected chi connectivity index (χ3v) is 1.60. The van der Waals surface area contributed by atoms with Crippen LogP contribution < -0.4 is 5.73 Å². The third kappa shape index (κ3) is 2.54. The lowest BCUT2D eigenvalue weighted by molar-refractivity contribution is 0.503. The largest absolute Gasteiger partial charge is 0.332 e. The summed E-state index contributed by atoms with van der Waals surface area (Å²) in [5.74, 6) is -0.644. The van der Waals surface area contributed by atoms with Crippen molar-refractivity contribution in [3.63, 3.8) is 0 Å². The van der Waals surface area contributed by atoms with Crippen molar-refractivity contribution in [1.29, 1.82) is 0 Å². The van der Waals surface area contributed by atoms with Gasteiger partial charge in [0.05, 0.1) is 0 Å². The van der Waals surface area contributed by atoms with Gasteiger partial charge in [-0.15, -0.1) is 0 Å². The van der Waals surface area contributed by atoms with Crippen molar-refractivity contribution in [2.75, 3.05) is 0 Å². The molecular weight excluding hydrogens is 113 g/mol. The minimum atomic E-state index is -2.38. The molecule has 0 saturated heterocycles. The molecule has 0 aliphatic heterocycles. The van der Waals surface area contributed by atoms with Crippen LogP contribution in [0.3, 0.4) is 0 Å². The molecule has 0 aromatic carbocycles. The van der Waals surface area contributed by atoms with E-state index in [-0.39, 0.29) is 0 Å². The first-order valence-electron chi connectivity index (χ1n) is 2.07. The van der Waals surface area contributed by atoms with Gasteiger partial charge in [0.2, 0.25) is 0 Å². The molecular formula is C3H8NO2P. The molecule has 0 fully saturated rings. The van der Waals surface area contributed by atoms with Crippen LogP contribution in [0.4, 0.5) is 0 Å². The second-order valence-electron chi connectivity index (χ2n) is 1.26. The molecule has 1 unspecified atom stereocenters. The van der Waals surface area contributed by atoms with Gasteiger partial charge in [-0.05, 0) is 6.42 Å². The maximum absolute atomic E-state index is 9.84. The van der Waals surface area contributed by atoms with Gasteiger partial charge in [0, 0.05) is 0 Å². The Bertz CT molecular complexity index is 102. The smallest absolute Gasteiger partial charge is 0.316 e. The van der Waals surface area contributed by atoms with Gasteiger partial charge in [0.1, 0.15) is 5.78 Å². The van der Waals surface area contributed by atoms with E-state index in [1.54, 1.807) is 6.92 Å². The fourth-order valence-corrected chi connectivity index (χ4v) is 0.447. The monoisotopic (exact) mass is 121 g/mol. The second kappa shape index (κ2) is 2.94. The maximum atomic E-state index is 9.84. The van der Waals surface area contributed by atoms with E-state index in [0.717, 1.165) is 0 Å². The summed E-state index contributed by atoms with van der Waals surface area (Å²) in [5.41, 5.74) is 5.02. The summed E-state index contributed by atoms with van der Waals surface area (Å²) in [6, 6.07) is 0. The Morgan fingerprint density at radius 3 is 2.14 bits per heavy atom. The van der Waals surface area contributed by atoms with Crippen LogP contribution in [-0.4, -0.2) is 5.78 Å². The van der Waals surface area contributed by atoms with Crippen LogP contribution in [0.1, 0.15) is 13.3 Å². The average Bonchev–Trinajstić information content (AvgIpc) is 1.65. The minimum absolute atomic E-state index is 0.499. The lowest BCUT2D eigenvalue weighted by atomic mass is 10.5. The van der Waals surface area contributed by atoms with Gasteiger partial charge in [-0.25, -0.2) is 9.13 Å². The Kier molecular flexibility index (Phi) is 2.88. The Labute approximate surface area is 42.7 Å². The molecule has 0 rings (SSSR count). The zero-order chi connectivity index (χ0) is 5.86. The highest BCUT2D eigenvalue weighted by Gasteiger charge is 2.01. The van der Waals surface area contributed by atoms with Crippen molar-refractivity contribution in [2.45, 2.75) is 19.1 Å². The van der Waals surface area contributed by atoms with E-state index in [1.807, 2.05) is 0 Å². The molecule has 0 aliphatic rings. The third-order valence-electron chi connectivity index (χ3n) is 0.689. The molecule has 42 valence electrons. The lowest BCUT2D eigenvalue weighted by Gasteiger charge is -1.89. The summed E-state index contributed by atoms with van der Waals surface area (Å²) in [6.45, 7) is 1.73. The van der Waals surface area contributed by atoms with E-state index in [4.69, 9.17) is 5.73 Å². The van der Waals surface area contributed by atoms with Crippen molar-refractivity contribution in [1.82, 2.24) is 0 Å². The van der Waals surface area contributed by atoms with Gasteiger partial charge < -0.3 is 5.73 Å².